The molecule has 6 nitrogen and oxygen atoms in total. The van der Waals surface area contributed by atoms with E-state index < -0.39 is 17.3 Å². The highest BCUT2D eigenvalue weighted by Gasteiger charge is 2.34. The van der Waals surface area contributed by atoms with Gasteiger partial charge in [0.1, 0.15) is 18.0 Å². The van der Waals surface area contributed by atoms with Gasteiger partial charge in [-0.05, 0) is 56.7 Å². The number of piperazine rings is 1. The Labute approximate surface area is 194 Å². The van der Waals surface area contributed by atoms with E-state index >= 15 is 0 Å². The van der Waals surface area contributed by atoms with Crippen molar-refractivity contribution in [2.75, 3.05) is 31.1 Å². The van der Waals surface area contributed by atoms with Crippen molar-refractivity contribution < 1.29 is 9.18 Å². The fourth-order valence-corrected chi connectivity index (χ4v) is 4.95. The Balaban J connectivity index is 1.51. The molecule has 4 rings (SSSR count). The van der Waals surface area contributed by atoms with Gasteiger partial charge in [0, 0.05) is 43.0 Å². The number of anilines is 1. The number of hydrogen-bond acceptors (Lipinski definition) is 5. The van der Waals surface area contributed by atoms with Crippen LogP contribution in [0.4, 0.5) is 10.2 Å². The number of benzene rings is 1. The van der Waals surface area contributed by atoms with E-state index in [-0.39, 0.29) is 10.9 Å². The van der Waals surface area contributed by atoms with Crippen LogP contribution < -0.4 is 10.6 Å². The fraction of sp³-hybridized carbons (Fsp3) is 0.542. The first-order valence-corrected chi connectivity index (χ1v) is 11.6. The quantitative estimate of drug-likeness (QED) is 0.734. The molecule has 2 heterocycles. The average Bonchev–Trinajstić information content (AvgIpc) is 3.14. The van der Waals surface area contributed by atoms with Crippen molar-refractivity contribution in [3.05, 3.63) is 52.2 Å². The van der Waals surface area contributed by atoms with E-state index in [2.05, 4.69) is 21.8 Å². The van der Waals surface area contributed by atoms with E-state index in [1.54, 1.807) is 12.4 Å². The largest absolute Gasteiger partial charge is 0.353 e. The van der Waals surface area contributed by atoms with Gasteiger partial charge in [-0.2, -0.15) is 0 Å². The molecule has 2 atom stereocenters. The molecule has 0 saturated carbocycles. The van der Waals surface area contributed by atoms with E-state index in [4.69, 9.17) is 17.3 Å². The number of rotatable bonds is 5. The smallest absolute Gasteiger partial charge is 0.230 e. The Morgan fingerprint density at radius 2 is 2.00 bits per heavy atom. The molecule has 172 valence electrons. The lowest BCUT2D eigenvalue weighted by Gasteiger charge is -2.38. The molecular formula is C24H31ClFN5O. The van der Waals surface area contributed by atoms with Crippen molar-refractivity contribution in [1.29, 1.82) is 0 Å². The number of aryl methyl sites for hydroxylation is 1. The maximum atomic E-state index is 14.2. The lowest BCUT2D eigenvalue weighted by atomic mass is 9.85. The number of nitrogens with two attached hydrogens (primary N) is 1. The maximum Gasteiger partial charge on any atom is 0.230 e. The normalized spacial score (nSPS) is 19.8. The molecule has 1 aliphatic heterocycles. The number of aromatic nitrogens is 2. The molecule has 2 aliphatic rings. The summed E-state index contributed by atoms with van der Waals surface area (Å²) < 4.78 is 14.2. The van der Waals surface area contributed by atoms with Crippen molar-refractivity contribution in [1.82, 2.24) is 14.9 Å². The first-order chi connectivity index (χ1) is 15.1. The Hall–Kier alpha value is -2.25. The Bertz CT molecular complexity index is 1000. The Morgan fingerprint density at radius 1 is 1.28 bits per heavy atom. The van der Waals surface area contributed by atoms with Gasteiger partial charge in [0.2, 0.25) is 5.91 Å². The molecule has 2 aromatic rings. The van der Waals surface area contributed by atoms with Crippen molar-refractivity contribution in [2.45, 2.75) is 57.4 Å². The number of amides is 1. The van der Waals surface area contributed by atoms with Crippen LogP contribution in [0, 0.1) is 5.82 Å². The summed E-state index contributed by atoms with van der Waals surface area (Å²) in [4.78, 5) is 26.7. The van der Waals surface area contributed by atoms with Crippen LogP contribution in [-0.4, -0.2) is 52.5 Å². The van der Waals surface area contributed by atoms with Crippen molar-refractivity contribution in [2.24, 2.45) is 5.73 Å². The summed E-state index contributed by atoms with van der Waals surface area (Å²) in [7, 11) is 0. The van der Waals surface area contributed by atoms with Gasteiger partial charge < -0.3 is 15.5 Å². The van der Waals surface area contributed by atoms with Crippen LogP contribution >= 0.6 is 11.6 Å². The molecule has 0 radical (unpaired) electrons. The summed E-state index contributed by atoms with van der Waals surface area (Å²) in [6.45, 7) is 8.57. The number of carbonyl (C=O) groups is 1. The SMILES string of the molecule is CC1CCc2ncnc(N3CCN(C(=O)C(CC(C)(C)N)c4ccc(Cl)c(F)c4)CC3)c21. The second-order valence-corrected chi connectivity index (χ2v) is 10.1. The van der Waals surface area contributed by atoms with Crippen molar-refractivity contribution >= 4 is 23.3 Å². The molecule has 32 heavy (non-hydrogen) atoms. The van der Waals surface area contributed by atoms with E-state index in [9.17, 15) is 9.18 Å². The zero-order valence-electron chi connectivity index (χ0n) is 18.9. The number of fused-ring (bicyclic) bond motifs is 1. The van der Waals surface area contributed by atoms with Crippen LogP contribution in [-0.2, 0) is 11.2 Å². The predicted molar refractivity (Wildman–Crippen MR) is 125 cm³/mol. The van der Waals surface area contributed by atoms with Gasteiger partial charge >= 0.3 is 0 Å². The fourth-order valence-electron chi connectivity index (χ4n) is 4.84. The molecule has 2 N–H and O–H groups in total. The molecule has 8 heteroatoms. The number of carbonyl (C=O) groups excluding carboxylic acids is 1. The predicted octanol–water partition coefficient (Wildman–Crippen LogP) is 3.88. The van der Waals surface area contributed by atoms with Gasteiger partial charge in [0.15, 0.2) is 0 Å². The molecule has 0 spiro atoms. The van der Waals surface area contributed by atoms with Gasteiger partial charge in [0.25, 0.3) is 0 Å². The molecule has 2 unspecified atom stereocenters. The third-order valence-electron chi connectivity index (χ3n) is 6.52. The standard InChI is InChI=1S/C24H31ClFN5O/c1-15-4-7-20-21(15)22(29-14-28-20)30-8-10-31(11-9-30)23(32)17(13-24(2,3)27)16-5-6-18(25)19(26)12-16/h5-6,12,14-15,17H,4,7-11,13,27H2,1-3H3. The molecule has 1 amide bonds. The lowest BCUT2D eigenvalue weighted by Crippen LogP contribution is -2.51. The van der Waals surface area contributed by atoms with Crippen LogP contribution in [0.15, 0.2) is 24.5 Å². The molecule has 0 bridgehead atoms. The highest BCUT2D eigenvalue weighted by Crippen LogP contribution is 2.37. The summed E-state index contributed by atoms with van der Waals surface area (Å²) in [5.74, 6) is 0.402. The van der Waals surface area contributed by atoms with E-state index in [1.165, 1.54) is 17.7 Å². The molecule has 1 aliphatic carbocycles. The van der Waals surface area contributed by atoms with Crippen LogP contribution in [0.3, 0.4) is 0 Å². The van der Waals surface area contributed by atoms with Gasteiger partial charge in [-0.25, -0.2) is 14.4 Å². The van der Waals surface area contributed by atoms with E-state index in [0.717, 1.165) is 24.4 Å². The number of hydrogen-bond donors (Lipinski definition) is 1. The van der Waals surface area contributed by atoms with Gasteiger partial charge in [-0.1, -0.05) is 24.6 Å². The number of nitrogens with zero attached hydrogens (tertiary/aromatic N) is 4. The minimum absolute atomic E-state index is 0.0221. The summed E-state index contributed by atoms with van der Waals surface area (Å²) >= 11 is 5.86. The Kier molecular flexibility index (Phi) is 6.41. The van der Waals surface area contributed by atoms with Crippen molar-refractivity contribution in [3.8, 4) is 0 Å². The summed E-state index contributed by atoms with van der Waals surface area (Å²) in [6, 6.07) is 4.59. The molecular weight excluding hydrogens is 429 g/mol. The monoisotopic (exact) mass is 459 g/mol. The second kappa shape index (κ2) is 8.94. The minimum Gasteiger partial charge on any atom is -0.353 e. The zero-order valence-corrected chi connectivity index (χ0v) is 19.7. The first-order valence-electron chi connectivity index (χ1n) is 11.3. The van der Waals surface area contributed by atoms with Crippen molar-refractivity contribution in [3.63, 3.8) is 0 Å². The highest BCUT2D eigenvalue weighted by atomic mass is 35.5. The van der Waals surface area contributed by atoms with Crippen LogP contribution in [0.5, 0.6) is 0 Å². The first kappa shape index (κ1) is 22.9. The van der Waals surface area contributed by atoms with E-state index in [0.29, 0.717) is 44.1 Å². The van der Waals surface area contributed by atoms with Crippen LogP contribution in [0.2, 0.25) is 5.02 Å². The summed E-state index contributed by atoms with van der Waals surface area (Å²) in [5, 5.41) is 0.0483. The molecule has 1 fully saturated rings. The topological polar surface area (TPSA) is 75.4 Å². The summed E-state index contributed by atoms with van der Waals surface area (Å²) in [5.41, 5.74) is 8.70. The Morgan fingerprint density at radius 3 is 2.66 bits per heavy atom. The molecule has 1 aromatic carbocycles. The zero-order chi connectivity index (χ0) is 23.0. The van der Waals surface area contributed by atoms with E-state index in [1.807, 2.05) is 18.7 Å². The maximum absolute atomic E-state index is 14.2. The lowest BCUT2D eigenvalue weighted by molar-refractivity contribution is -0.133. The van der Waals surface area contributed by atoms with Gasteiger partial charge in [-0.15, -0.1) is 0 Å². The second-order valence-electron chi connectivity index (χ2n) is 9.73. The summed E-state index contributed by atoms with van der Waals surface area (Å²) in [6.07, 6.45) is 4.18. The van der Waals surface area contributed by atoms with Gasteiger partial charge in [0.05, 0.1) is 10.9 Å². The van der Waals surface area contributed by atoms with Crippen LogP contribution in [0.25, 0.3) is 0 Å². The number of halogens is 2. The third kappa shape index (κ3) is 4.74. The third-order valence-corrected chi connectivity index (χ3v) is 6.82. The molecule has 1 aromatic heterocycles. The minimum atomic E-state index is -0.573. The average molecular weight is 460 g/mol. The van der Waals surface area contributed by atoms with Gasteiger partial charge in [-0.3, -0.25) is 4.79 Å². The molecule has 1 saturated heterocycles. The highest BCUT2D eigenvalue weighted by molar-refractivity contribution is 6.30. The van der Waals surface area contributed by atoms with Crippen LogP contribution in [0.1, 0.15) is 62.3 Å².